The first kappa shape index (κ1) is 22.6. The Kier molecular flexibility index (Phi) is 7.07. The summed E-state index contributed by atoms with van der Waals surface area (Å²) in [5.74, 6) is 0.236. The molecule has 7 nitrogen and oxygen atoms in total. The van der Waals surface area contributed by atoms with Crippen LogP contribution in [0, 0.1) is 0 Å². The predicted octanol–water partition coefficient (Wildman–Crippen LogP) is 4.75. The third-order valence-electron chi connectivity index (χ3n) is 4.56. The first-order chi connectivity index (χ1) is 16.0. The Morgan fingerprint density at radius 2 is 1.64 bits per heavy atom. The molecular weight excluding hydrogens is 510 g/mol. The van der Waals surface area contributed by atoms with Gasteiger partial charge in [-0.25, -0.2) is 5.43 Å². The van der Waals surface area contributed by atoms with Crippen molar-refractivity contribution in [2.75, 3.05) is 6.79 Å². The van der Waals surface area contributed by atoms with Gasteiger partial charge in [0.1, 0.15) is 5.70 Å². The lowest BCUT2D eigenvalue weighted by atomic mass is 10.1. The normalized spacial score (nSPS) is 12.6. The van der Waals surface area contributed by atoms with Crippen molar-refractivity contribution in [3.8, 4) is 11.5 Å². The molecule has 0 spiro atoms. The third-order valence-corrected chi connectivity index (χ3v) is 5.34. The lowest BCUT2D eigenvalue weighted by molar-refractivity contribution is -0.117. The smallest absolute Gasteiger partial charge is 0.287 e. The van der Waals surface area contributed by atoms with Crippen molar-refractivity contribution in [2.45, 2.75) is 0 Å². The molecule has 0 unspecified atom stereocenters. The number of hydrazone groups is 1. The van der Waals surface area contributed by atoms with Crippen LogP contribution in [0.5, 0.6) is 11.5 Å². The highest BCUT2D eigenvalue weighted by Gasteiger charge is 2.15. The number of benzene rings is 3. The summed E-state index contributed by atoms with van der Waals surface area (Å²) in [6.45, 7) is 0.170. The maximum absolute atomic E-state index is 12.8. The van der Waals surface area contributed by atoms with E-state index in [1.165, 1.54) is 6.21 Å². The number of ether oxygens (including phenoxy) is 2. The summed E-state index contributed by atoms with van der Waals surface area (Å²) in [5, 5.41) is 7.21. The van der Waals surface area contributed by atoms with Gasteiger partial charge in [-0.2, -0.15) is 5.10 Å². The number of rotatable bonds is 6. The van der Waals surface area contributed by atoms with E-state index in [0.29, 0.717) is 33.2 Å². The number of nitrogens with one attached hydrogen (secondary N) is 2. The van der Waals surface area contributed by atoms with Gasteiger partial charge in [0, 0.05) is 15.1 Å². The van der Waals surface area contributed by atoms with Gasteiger partial charge in [0.2, 0.25) is 6.79 Å². The third kappa shape index (κ3) is 6.00. The van der Waals surface area contributed by atoms with Gasteiger partial charge in [-0.1, -0.05) is 39.7 Å². The van der Waals surface area contributed by atoms with Gasteiger partial charge in [0.25, 0.3) is 11.8 Å². The topological polar surface area (TPSA) is 89.0 Å². The number of carbonyl (C=O) groups excluding carboxylic acids is 2. The molecule has 0 radical (unpaired) electrons. The molecule has 0 saturated heterocycles. The van der Waals surface area contributed by atoms with Gasteiger partial charge in [-0.15, -0.1) is 0 Å². The van der Waals surface area contributed by atoms with Crippen LogP contribution < -0.4 is 20.2 Å². The SMILES string of the molecule is O=C(NN=Cc1ccc2c(c1)OCO2)C(=Cc1ccc(Cl)cc1)NC(=O)c1ccc(Br)cc1. The van der Waals surface area contributed by atoms with Crippen LogP contribution in [0.25, 0.3) is 6.08 Å². The van der Waals surface area contributed by atoms with Gasteiger partial charge >= 0.3 is 0 Å². The van der Waals surface area contributed by atoms with Crippen molar-refractivity contribution in [3.63, 3.8) is 0 Å². The van der Waals surface area contributed by atoms with E-state index < -0.39 is 11.8 Å². The van der Waals surface area contributed by atoms with Crippen molar-refractivity contribution in [1.82, 2.24) is 10.7 Å². The summed E-state index contributed by atoms with van der Waals surface area (Å²) in [6, 6.07) is 18.9. The fourth-order valence-corrected chi connectivity index (χ4v) is 3.29. The summed E-state index contributed by atoms with van der Waals surface area (Å²) >= 11 is 9.27. The minimum atomic E-state index is -0.590. The summed E-state index contributed by atoms with van der Waals surface area (Å²) in [5.41, 5.74) is 4.25. The Balaban J connectivity index is 1.51. The van der Waals surface area contributed by atoms with Gasteiger partial charge in [0.15, 0.2) is 11.5 Å². The van der Waals surface area contributed by atoms with Crippen molar-refractivity contribution in [1.29, 1.82) is 0 Å². The molecule has 2 amide bonds. The fourth-order valence-electron chi connectivity index (χ4n) is 2.90. The van der Waals surface area contributed by atoms with Crippen molar-refractivity contribution in [2.24, 2.45) is 5.10 Å². The van der Waals surface area contributed by atoms with E-state index in [2.05, 4.69) is 31.8 Å². The van der Waals surface area contributed by atoms with Crippen LogP contribution >= 0.6 is 27.5 Å². The first-order valence-corrected chi connectivity index (χ1v) is 10.9. The molecule has 2 N–H and O–H groups in total. The minimum Gasteiger partial charge on any atom is -0.454 e. The highest BCUT2D eigenvalue weighted by atomic mass is 79.9. The van der Waals surface area contributed by atoms with Crippen LogP contribution in [0.1, 0.15) is 21.5 Å². The standard InChI is InChI=1S/C24H17BrClN3O4/c25-18-6-4-17(5-7-18)23(30)28-20(11-15-1-8-19(26)9-2-15)24(31)29-27-13-16-3-10-21-22(12-16)33-14-32-21/h1-13H,14H2,(H,28,30)(H,29,31). The zero-order valence-corrected chi connectivity index (χ0v) is 19.4. The Hall–Kier alpha value is -3.62. The molecule has 1 aliphatic rings. The summed E-state index contributed by atoms with van der Waals surface area (Å²) in [6.07, 6.45) is 3.01. The Morgan fingerprint density at radius 1 is 0.939 bits per heavy atom. The Bertz CT molecular complexity index is 1240. The molecule has 33 heavy (non-hydrogen) atoms. The molecule has 0 aliphatic carbocycles. The fraction of sp³-hybridized carbons (Fsp3) is 0.0417. The Morgan fingerprint density at radius 3 is 2.39 bits per heavy atom. The summed E-state index contributed by atoms with van der Waals surface area (Å²) < 4.78 is 11.4. The van der Waals surface area contributed by atoms with Crippen LogP contribution in [0.4, 0.5) is 0 Å². The van der Waals surface area contributed by atoms with Crippen LogP contribution in [-0.4, -0.2) is 24.8 Å². The lowest BCUT2D eigenvalue weighted by Gasteiger charge is -2.09. The van der Waals surface area contributed by atoms with Gasteiger partial charge in [0.05, 0.1) is 6.21 Å². The van der Waals surface area contributed by atoms with Crippen molar-refractivity contribution < 1.29 is 19.1 Å². The van der Waals surface area contributed by atoms with Crippen LogP contribution in [0.15, 0.2) is 82.0 Å². The number of halogens is 2. The quantitative estimate of drug-likeness (QED) is 0.276. The summed E-state index contributed by atoms with van der Waals surface area (Å²) in [4.78, 5) is 25.5. The van der Waals surface area contributed by atoms with Gasteiger partial charge in [-0.3, -0.25) is 9.59 Å². The molecule has 3 aromatic rings. The monoisotopic (exact) mass is 525 g/mol. The maximum atomic E-state index is 12.8. The average molecular weight is 527 g/mol. The second-order valence-corrected chi connectivity index (χ2v) is 8.23. The molecule has 1 aliphatic heterocycles. The first-order valence-electron chi connectivity index (χ1n) is 9.75. The van der Waals surface area contributed by atoms with E-state index in [1.54, 1.807) is 72.8 Å². The molecule has 0 fully saturated rings. The van der Waals surface area contributed by atoms with Gasteiger partial charge in [-0.05, 0) is 71.8 Å². The molecule has 9 heteroatoms. The highest BCUT2D eigenvalue weighted by Crippen LogP contribution is 2.31. The number of carbonyl (C=O) groups is 2. The average Bonchev–Trinajstić information content (AvgIpc) is 3.28. The second-order valence-electron chi connectivity index (χ2n) is 6.88. The molecule has 166 valence electrons. The van der Waals surface area contributed by atoms with E-state index in [9.17, 15) is 9.59 Å². The van der Waals surface area contributed by atoms with E-state index in [4.69, 9.17) is 21.1 Å². The zero-order valence-electron chi connectivity index (χ0n) is 17.0. The van der Waals surface area contributed by atoms with E-state index in [0.717, 1.165) is 4.47 Å². The van der Waals surface area contributed by atoms with E-state index >= 15 is 0 Å². The Labute approximate surface area is 203 Å². The van der Waals surface area contributed by atoms with Crippen molar-refractivity contribution in [3.05, 3.63) is 98.6 Å². The highest BCUT2D eigenvalue weighted by molar-refractivity contribution is 9.10. The molecule has 0 atom stereocenters. The van der Waals surface area contributed by atoms with E-state index in [1.807, 2.05) is 0 Å². The lowest BCUT2D eigenvalue weighted by Crippen LogP contribution is -2.32. The van der Waals surface area contributed by atoms with Gasteiger partial charge < -0.3 is 14.8 Å². The molecule has 4 rings (SSSR count). The molecule has 3 aromatic carbocycles. The van der Waals surface area contributed by atoms with Crippen LogP contribution in [0.3, 0.4) is 0 Å². The molecule has 0 aromatic heterocycles. The molecular formula is C24H17BrClN3O4. The minimum absolute atomic E-state index is 0.0214. The number of hydrogen-bond donors (Lipinski definition) is 2. The maximum Gasteiger partial charge on any atom is 0.287 e. The number of nitrogens with zero attached hydrogens (tertiary/aromatic N) is 1. The number of hydrogen-bond acceptors (Lipinski definition) is 5. The molecule has 1 heterocycles. The number of amides is 2. The molecule has 0 saturated carbocycles. The second kappa shape index (κ2) is 10.3. The largest absolute Gasteiger partial charge is 0.454 e. The van der Waals surface area contributed by atoms with E-state index in [-0.39, 0.29) is 12.5 Å². The zero-order chi connectivity index (χ0) is 23.2. The molecule has 0 bridgehead atoms. The van der Waals surface area contributed by atoms with Crippen LogP contribution in [-0.2, 0) is 4.79 Å². The van der Waals surface area contributed by atoms with Crippen LogP contribution in [0.2, 0.25) is 5.02 Å². The van der Waals surface area contributed by atoms with Crippen molar-refractivity contribution >= 4 is 51.6 Å². The number of fused-ring (bicyclic) bond motifs is 1. The summed E-state index contributed by atoms with van der Waals surface area (Å²) in [7, 11) is 0. The predicted molar refractivity (Wildman–Crippen MR) is 129 cm³/mol.